The topological polar surface area (TPSA) is 84.3 Å². The van der Waals surface area contributed by atoms with Crippen molar-refractivity contribution < 1.29 is 9.72 Å². The lowest BCUT2D eigenvalue weighted by Crippen LogP contribution is -2.34. The van der Waals surface area contributed by atoms with Gasteiger partial charge in [-0.2, -0.15) is 11.8 Å². The molecule has 0 spiro atoms. The number of nitro groups is 1. The molecule has 1 amide bonds. The Bertz CT molecular complexity index is 494. The van der Waals surface area contributed by atoms with Gasteiger partial charge in [-0.15, -0.1) is 0 Å². The summed E-state index contributed by atoms with van der Waals surface area (Å²) in [7, 11) is 0. The molecule has 7 heteroatoms. The summed E-state index contributed by atoms with van der Waals surface area (Å²) < 4.78 is 0. The first-order valence-electron chi connectivity index (χ1n) is 6.31. The molecule has 2 N–H and O–H groups in total. The van der Waals surface area contributed by atoms with E-state index in [-0.39, 0.29) is 17.6 Å². The molecule has 1 aromatic rings. The second kappa shape index (κ2) is 7.74. The summed E-state index contributed by atoms with van der Waals surface area (Å²) in [4.78, 5) is 22.5. The number of nitrogens with zero attached hydrogens (tertiary/aromatic N) is 1. The van der Waals surface area contributed by atoms with Crippen LogP contribution in [0.2, 0.25) is 0 Å². The van der Waals surface area contributed by atoms with Crippen molar-refractivity contribution >= 4 is 29.0 Å². The summed E-state index contributed by atoms with van der Waals surface area (Å²) in [5, 5.41) is 16.7. The van der Waals surface area contributed by atoms with E-state index in [2.05, 4.69) is 10.6 Å². The van der Waals surface area contributed by atoms with Crippen LogP contribution in [0, 0.1) is 10.1 Å². The first-order chi connectivity index (χ1) is 9.49. The van der Waals surface area contributed by atoms with Crippen LogP contribution < -0.4 is 10.6 Å². The molecule has 0 bridgehead atoms. The van der Waals surface area contributed by atoms with E-state index in [1.807, 2.05) is 20.1 Å². The first-order valence-corrected chi connectivity index (χ1v) is 7.71. The summed E-state index contributed by atoms with van der Waals surface area (Å²) in [6, 6.07) is 4.39. The van der Waals surface area contributed by atoms with Crippen molar-refractivity contribution in [2.24, 2.45) is 0 Å². The van der Waals surface area contributed by atoms with Gasteiger partial charge in [0.05, 0.1) is 4.92 Å². The molecule has 1 rings (SSSR count). The predicted octanol–water partition coefficient (Wildman–Crippen LogP) is 2.51. The Kier molecular flexibility index (Phi) is 6.30. The van der Waals surface area contributed by atoms with E-state index in [9.17, 15) is 14.9 Å². The molecule has 0 aliphatic carbocycles. The van der Waals surface area contributed by atoms with Gasteiger partial charge in [0.25, 0.3) is 11.6 Å². The van der Waals surface area contributed by atoms with Crippen LogP contribution in [-0.4, -0.2) is 35.4 Å². The quantitative estimate of drug-likeness (QED) is 0.596. The maximum Gasteiger partial charge on any atom is 0.292 e. The van der Waals surface area contributed by atoms with E-state index >= 15 is 0 Å². The number of amides is 1. The normalized spacial score (nSPS) is 11.8. The number of thioether (sulfide) groups is 1. The zero-order valence-electron chi connectivity index (χ0n) is 11.8. The van der Waals surface area contributed by atoms with Crippen LogP contribution in [0.15, 0.2) is 18.2 Å². The van der Waals surface area contributed by atoms with Gasteiger partial charge in [0, 0.05) is 30.0 Å². The summed E-state index contributed by atoms with van der Waals surface area (Å²) in [5.74, 6) is 0.597. The fourth-order valence-corrected chi connectivity index (χ4v) is 2.35. The number of benzene rings is 1. The minimum Gasteiger partial charge on any atom is -0.380 e. The number of carbonyl (C=O) groups is 1. The zero-order valence-corrected chi connectivity index (χ0v) is 12.6. The summed E-state index contributed by atoms with van der Waals surface area (Å²) in [5.41, 5.74) is 0.753. The van der Waals surface area contributed by atoms with Crippen LogP contribution in [0.1, 0.15) is 24.2 Å². The number of nitrogens with one attached hydrogen (secondary N) is 2. The molecule has 6 nitrogen and oxygen atoms in total. The first kappa shape index (κ1) is 16.3. The highest BCUT2D eigenvalue weighted by Gasteiger charge is 2.17. The Morgan fingerprint density at radius 2 is 2.20 bits per heavy atom. The minimum atomic E-state index is -0.462. The number of hydrogen-bond acceptors (Lipinski definition) is 5. The van der Waals surface area contributed by atoms with Crippen LogP contribution >= 0.6 is 11.8 Å². The molecule has 0 radical (unpaired) electrons. The maximum absolute atomic E-state index is 12.0. The Hall–Kier alpha value is -1.76. The van der Waals surface area contributed by atoms with Gasteiger partial charge in [0.1, 0.15) is 5.69 Å². The second-order valence-electron chi connectivity index (χ2n) is 4.35. The van der Waals surface area contributed by atoms with Crippen LogP contribution in [0.3, 0.4) is 0 Å². The van der Waals surface area contributed by atoms with Gasteiger partial charge in [-0.05, 0) is 32.2 Å². The van der Waals surface area contributed by atoms with Crippen molar-refractivity contribution in [3.63, 3.8) is 0 Å². The SMILES string of the molecule is CCNc1cc(C(=O)NC(C)CSC)ccc1[N+](=O)[O-]. The molecule has 0 aromatic heterocycles. The van der Waals surface area contributed by atoms with E-state index in [0.717, 1.165) is 5.75 Å². The van der Waals surface area contributed by atoms with E-state index < -0.39 is 4.92 Å². The smallest absolute Gasteiger partial charge is 0.292 e. The minimum absolute atomic E-state index is 0.0273. The lowest BCUT2D eigenvalue weighted by atomic mass is 10.1. The molecule has 1 aromatic carbocycles. The Labute approximate surface area is 122 Å². The van der Waals surface area contributed by atoms with Gasteiger partial charge < -0.3 is 10.6 Å². The molecule has 0 aliphatic rings. The molecule has 0 aliphatic heterocycles. The number of nitro benzene ring substituents is 1. The molecular weight excluding hydrogens is 278 g/mol. The monoisotopic (exact) mass is 297 g/mol. The second-order valence-corrected chi connectivity index (χ2v) is 5.26. The van der Waals surface area contributed by atoms with Crippen molar-refractivity contribution in [1.82, 2.24) is 5.32 Å². The Balaban J connectivity index is 2.93. The van der Waals surface area contributed by atoms with Gasteiger partial charge in [-0.1, -0.05) is 0 Å². The number of rotatable bonds is 7. The molecule has 0 saturated carbocycles. The predicted molar refractivity (Wildman–Crippen MR) is 82.6 cm³/mol. The molecule has 1 atom stereocenters. The van der Waals surface area contributed by atoms with Crippen molar-refractivity contribution in [3.8, 4) is 0 Å². The van der Waals surface area contributed by atoms with Crippen molar-refractivity contribution in [2.75, 3.05) is 23.9 Å². The van der Waals surface area contributed by atoms with Crippen LogP contribution in [0.25, 0.3) is 0 Å². The van der Waals surface area contributed by atoms with Gasteiger partial charge in [-0.3, -0.25) is 14.9 Å². The third-order valence-electron chi connectivity index (χ3n) is 2.62. The van der Waals surface area contributed by atoms with Crippen LogP contribution in [0.5, 0.6) is 0 Å². The fraction of sp³-hybridized carbons (Fsp3) is 0.462. The third kappa shape index (κ3) is 4.41. The van der Waals surface area contributed by atoms with Crippen LogP contribution in [-0.2, 0) is 0 Å². The lowest BCUT2D eigenvalue weighted by Gasteiger charge is -2.13. The van der Waals surface area contributed by atoms with Gasteiger partial charge in [0.2, 0.25) is 0 Å². The highest BCUT2D eigenvalue weighted by molar-refractivity contribution is 7.98. The van der Waals surface area contributed by atoms with Gasteiger partial charge in [0.15, 0.2) is 0 Å². The molecular formula is C13H19N3O3S. The lowest BCUT2D eigenvalue weighted by molar-refractivity contribution is -0.384. The number of anilines is 1. The number of hydrogen-bond donors (Lipinski definition) is 2. The molecule has 1 unspecified atom stereocenters. The zero-order chi connectivity index (χ0) is 15.1. The molecule has 0 saturated heterocycles. The Morgan fingerprint density at radius 1 is 1.50 bits per heavy atom. The Morgan fingerprint density at radius 3 is 2.75 bits per heavy atom. The highest BCUT2D eigenvalue weighted by Crippen LogP contribution is 2.25. The maximum atomic E-state index is 12.0. The van der Waals surface area contributed by atoms with E-state index in [4.69, 9.17) is 0 Å². The van der Waals surface area contributed by atoms with Crippen molar-refractivity contribution in [1.29, 1.82) is 0 Å². The molecule has 0 heterocycles. The van der Waals surface area contributed by atoms with E-state index in [0.29, 0.717) is 17.8 Å². The van der Waals surface area contributed by atoms with Crippen LogP contribution in [0.4, 0.5) is 11.4 Å². The fourth-order valence-electron chi connectivity index (χ4n) is 1.77. The van der Waals surface area contributed by atoms with Gasteiger partial charge in [-0.25, -0.2) is 0 Å². The third-order valence-corrected chi connectivity index (χ3v) is 3.45. The van der Waals surface area contributed by atoms with E-state index in [1.54, 1.807) is 11.8 Å². The summed E-state index contributed by atoms with van der Waals surface area (Å²) in [6.07, 6.45) is 1.97. The largest absolute Gasteiger partial charge is 0.380 e. The van der Waals surface area contributed by atoms with E-state index in [1.165, 1.54) is 18.2 Å². The average Bonchev–Trinajstić information content (AvgIpc) is 2.38. The molecule has 0 fully saturated rings. The molecule has 110 valence electrons. The van der Waals surface area contributed by atoms with Crippen molar-refractivity contribution in [3.05, 3.63) is 33.9 Å². The van der Waals surface area contributed by atoms with Gasteiger partial charge >= 0.3 is 0 Å². The average molecular weight is 297 g/mol. The standard InChI is InChI=1S/C13H19N3O3S/c1-4-14-11-7-10(5-6-12(11)16(18)19)13(17)15-9(2)8-20-3/h5-7,9,14H,4,8H2,1-3H3,(H,15,17). The summed E-state index contributed by atoms with van der Waals surface area (Å²) in [6.45, 7) is 4.32. The van der Waals surface area contributed by atoms with Crippen molar-refractivity contribution in [2.45, 2.75) is 19.9 Å². The summed E-state index contributed by atoms with van der Waals surface area (Å²) >= 11 is 1.65. The highest BCUT2D eigenvalue weighted by atomic mass is 32.2. The molecule has 20 heavy (non-hydrogen) atoms. The number of carbonyl (C=O) groups excluding carboxylic acids is 1.